The van der Waals surface area contributed by atoms with Gasteiger partial charge in [-0.1, -0.05) is 78.9 Å². The zero-order valence-electron chi connectivity index (χ0n) is 12.8. The Balaban J connectivity index is 1.88. The second-order valence-corrected chi connectivity index (χ2v) is 6.17. The van der Waals surface area contributed by atoms with Crippen LogP contribution in [0.25, 0.3) is 27.1 Å². The van der Waals surface area contributed by atoms with E-state index in [0.717, 1.165) is 6.42 Å². The summed E-state index contributed by atoms with van der Waals surface area (Å²) >= 11 is 0. The van der Waals surface area contributed by atoms with Crippen molar-refractivity contribution in [2.75, 3.05) is 0 Å². The topological polar surface area (TPSA) is 0 Å². The van der Waals surface area contributed by atoms with E-state index in [9.17, 15) is 0 Å². The molecule has 0 atom stereocenters. The second kappa shape index (κ2) is 4.82. The highest BCUT2D eigenvalue weighted by Gasteiger charge is 2.17. The minimum Gasteiger partial charge on any atom is -0.0716 e. The minimum absolute atomic E-state index is 1.03. The van der Waals surface area contributed by atoms with E-state index in [0.29, 0.717) is 0 Å². The molecule has 0 nitrogen and oxygen atoms in total. The first-order valence-electron chi connectivity index (χ1n) is 8.11. The molecule has 5 rings (SSSR count). The van der Waals surface area contributed by atoms with E-state index >= 15 is 0 Å². The first kappa shape index (κ1) is 12.7. The Morgan fingerprint density at radius 3 is 2.17 bits per heavy atom. The number of hydrogen-bond acceptors (Lipinski definition) is 0. The summed E-state index contributed by atoms with van der Waals surface area (Å²) in [6.45, 7) is 0. The third-order valence-corrected chi connectivity index (χ3v) is 4.89. The monoisotopic (exact) mass is 292 g/mol. The van der Waals surface area contributed by atoms with Gasteiger partial charge in [0.2, 0.25) is 0 Å². The summed E-state index contributed by atoms with van der Waals surface area (Å²) in [6.07, 6.45) is 3.41. The number of benzene rings is 4. The first-order valence-corrected chi connectivity index (χ1v) is 8.11. The number of rotatable bonds is 1. The summed E-state index contributed by atoms with van der Waals surface area (Å²) in [5, 5.41) is 5.32. The maximum atomic E-state index is 2.38. The highest BCUT2D eigenvalue weighted by Crippen LogP contribution is 2.38. The average molecular weight is 292 g/mol. The molecule has 108 valence electrons. The molecule has 0 aromatic heterocycles. The normalized spacial score (nSPS) is 13.3. The fraction of sp³-hybridized carbons (Fsp3) is 0.0435. The Labute approximate surface area is 135 Å². The van der Waals surface area contributed by atoms with Gasteiger partial charge in [0.15, 0.2) is 0 Å². The molecule has 0 aliphatic heterocycles. The van der Waals surface area contributed by atoms with E-state index in [4.69, 9.17) is 0 Å². The van der Waals surface area contributed by atoms with Gasteiger partial charge in [0.25, 0.3) is 0 Å². The lowest BCUT2D eigenvalue weighted by Crippen LogP contribution is -1.90. The zero-order valence-corrected chi connectivity index (χ0v) is 12.8. The Morgan fingerprint density at radius 1 is 0.565 bits per heavy atom. The molecule has 0 fully saturated rings. The van der Waals surface area contributed by atoms with Crippen LogP contribution in [-0.2, 0) is 6.42 Å². The molecule has 1 aliphatic rings. The summed E-state index contributed by atoms with van der Waals surface area (Å²) in [7, 11) is 0. The molecule has 0 unspecified atom stereocenters. The fourth-order valence-electron chi connectivity index (χ4n) is 3.82. The minimum atomic E-state index is 1.03. The molecule has 0 saturated heterocycles. The number of fused-ring (bicyclic) bond motifs is 4. The molecule has 0 saturated carbocycles. The van der Waals surface area contributed by atoms with E-state index in [-0.39, 0.29) is 0 Å². The van der Waals surface area contributed by atoms with E-state index in [1.807, 2.05) is 0 Å². The molecule has 4 aromatic rings. The molecule has 23 heavy (non-hydrogen) atoms. The lowest BCUT2D eigenvalue weighted by atomic mass is 9.91. The summed E-state index contributed by atoms with van der Waals surface area (Å²) in [6, 6.07) is 28.6. The fourth-order valence-corrected chi connectivity index (χ4v) is 3.82. The SMILES string of the molecule is C1=C(c2cc3ccccc3c3ccccc23)c2ccccc2C1. The van der Waals surface area contributed by atoms with E-state index in [1.165, 1.54) is 43.8 Å². The van der Waals surface area contributed by atoms with Crippen molar-refractivity contribution in [3.63, 3.8) is 0 Å². The molecular formula is C23H16. The Hall–Kier alpha value is -2.86. The van der Waals surface area contributed by atoms with Crippen molar-refractivity contribution in [3.8, 4) is 0 Å². The average Bonchev–Trinajstić information content (AvgIpc) is 3.05. The first-order chi connectivity index (χ1) is 11.4. The van der Waals surface area contributed by atoms with Crippen LogP contribution in [-0.4, -0.2) is 0 Å². The van der Waals surface area contributed by atoms with Crippen LogP contribution in [0.5, 0.6) is 0 Å². The van der Waals surface area contributed by atoms with Gasteiger partial charge in [-0.2, -0.15) is 0 Å². The van der Waals surface area contributed by atoms with Gasteiger partial charge in [-0.3, -0.25) is 0 Å². The summed E-state index contributed by atoms with van der Waals surface area (Å²) < 4.78 is 0. The second-order valence-electron chi connectivity index (χ2n) is 6.17. The van der Waals surface area contributed by atoms with Gasteiger partial charge < -0.3 is 0 Å². The molecule has 0 N–H and O–H groups in total. The molecule has 4 aromatic carbocycles. The molecule has 1 aliphatic carbocycles. The molecule has 0 heteroatoms. The number of allylic oxidation sites excluding steroid dienone is 1. The highest BCUT2D eigenvalue weighted by molar-refractivity contribution is 6.13. The quantitative estimate of drug-likeness (QED) is 0.378. The lowest BCUT2D eigenvalue weighted by Gasteiger charge is -2.13. The predicted molar refractivity (Wildman–Crippen MR) is 98.7 cm³/mol. The van der Waals surface area contributed by atoms with Crippen LogP contribution in [0, 0.1) is 0 Å². The van der Waals surface area contributed by atoms with Crippen LogP contribution in [0.3, 0.4) is 0 Å². The largest absolute Gasteiger partial charge is 0.0716 e. The van der Waals surface area contributed by atoms with Crippen LogP contribution in [0.1, 0.15) is 16.7 Å². The summed E-state index contributed by atoms with van der Waals surface area (Å²) in [5.74, 6) is 0. The van der Waals surface area contributed by atoms with Gasteiger partial charge >= 0.3 is 0 Å². The maximum absolute atomic E-state index is 2.38. The molecule has 0 radical (unpaired) electrons. The number of hydrogen-bond donors (Lipinski definition) is 0. The van der Waals surface area contributed by atoms with Gasteiger partial charge in [0, 0.05) is 0 Å². The summed E-state index contributed by atoms with van der Waals surface area (Å²) in [5.41, 5.74) is 5.54. The van der Waals surface area contributed by atoms with Crippen molar-refractivity contribution in [2.24, 2.45) is 0 Å². The molecule has 0 bridgehead atoms. The van der Waals surface area contributed by atoms with Crippen molar-refractivity contribution >= 4 is 27.1 Å². The summed E-state index contributed by atoms with van der Waals surface area (Å²) in [4.78, 5) is 0. The predicted octanol–water partition coefficient (Wildman–Crippen LogP) is 5.98. The van der Waals surface area contributed by atoms with Crippen LogP contribution in [0.15, 0.2) is 84.9 Å². The molecular weight excluding hydrogens is 276 g/mol. The Morgan fingerprint density at radius 2 is 1.26 bits per heavy atom. The van der Waals surface area contributed by atoms with Gasteiger partial charge in [-0.15, -0.1) is 0 Å². The van der Waals surface area contributed by atoms with Crippen LogP contribution < -0.4 is 0 Å². The van der Waals surface area contributed by atoms with Gasteiger partial charge in [-0.05, 0) is 56.3 Å². The van der Waals surface area contributed by atoms with E-state index < -0.39 is 0 Å². The van der Waals surface area contributed by atoms with Crippen molar-refractivity contribution in [3.05, 3.63) is 102 Å². The van der Waals surface area contributed by atoms with Crippen LogP contribution in [0.4, 0.5) is 0 Å². The molecule has 0 heterocycles. The maximum Gasteiger partial charge on any atom is -0.00819 e. The van der Waals surface area contributed by atoms with Gasteiger partial charge in [-0.25, -0.2) is 0 Å². The smallest absolute Gasteiger partial charge is 0.00819 e. The Kier molecular flexibility index (Phi) is 2.65. The van der Waals surface area contributed by atoms with Crippen molar-refractivity contribution < 1.29 is 0 Å². The van der Waals surface area contributed by atoms with Crippen molar-refractivity contribution in [1.82, 2.24) is 0 Å². The third kappa shape index (κ3) is 1.85. The van der Waals surface area contributed by atoms with Gasteiger partial charge in [0.1, 0.15) is 0 Å². The Bertz CT molecular complexity index is 1080. The van der Waals surface area contributed by atoms with Crippen LogP contribution >= 0.6 is 0 Å². The van der Waals surface area contributed by atoms with E-state index in [1.54, 1.807) is 0 Å². The zero-order chi connectivity index (χ0) is 15.2. The van der Waals surface area contributed by atoms with E-state index in [2.05, 4.69) is 84.9 Å². The molecule has 0 amide bonds. The van der Waals surface area contributed by atoms with Crippen LogP contribution in [0.2, 0.25) is 0 Å². The standard InChI is InChI=1S/C23H16/c1-3-9-18-16(7-1)13-14-22(18)23-15-17-8-2-4-10-19(17)20-11-5-6-12-21(20)23/h1-12,14-15H,13H2. The van der Waals surface area contributed by atoms with Gasteiger partial charge in [0.05, 0.1) is 0 Å². The lowest BCUT2D eigenvalue weighted by molar-refractivity contribution is 1.31. The van der Waals surface area contributed by atoms with Crippen molar-refractivity contribution in [2.45, 2.75) is 6.42 Å². The molecule has 0 spiro atoms. The third-order valence-electron chi connectivity index (χ3n) is 4.89. The van der Waals surface area contributed by atoms with Crippen molar-refractivity contribution in [1.29, 1.82) is 0 Å². The highest BCUT2D eigenvalue weighted by atomic mass is 14.2.